The first-order chi connectivity index (χ1) is 8.40. The fourth-order valence-corrected chi connectivity index (χ4v) is 1.47. The van der Waals surface area contributed by atoms with Crippen LogP contribution in [0.2, 0.25) is 0 Å². The highest BCUT2D eigenvalue weighted by Crippen LogP contribution is 2.12. The number of anilines is 1. The second-order valence-electron chi connectivity index (χ2n) is 4.31. The average Bonchev–Trinajstić information content (AvgIpc) is 2.27. The van der Waals surface area contributed by atoms with Crippen LogP contribution in [0.15, 0.2) is 18.2 Å². The normalized spacial score (nSPS) is 9.94. The number of nitrogens with zero attached hydrogens (tertiary/aromatic N) is 1. The first-order valence-corrected chi connectivity index (χ1v) is 5.64. The molecule has 0 aliphatic rings. The molecule has 0 saturated carbocycles. The van der Waals surface area contributed by atoms with Crippen LogP contribution >= 0.6 is 0 Å². The number of hydrogen-bond acceptors (Lipinski definition) is 4. The summed E-state index contributed by atoms with van der Waals surface area (Å²) in [5.41, 5.74) is 7.47. The number of ether oxygens (including phenoxy) is 1. The fraction of sp³-hybridized carbons (Fsp3) is 0.385. The summed E-state index contributed by atoms with van der Waals surface area (Å²) < 4.78 is 5.02. The first-order valence-electron chi connectivity index (χ1n) is 5.64. The Morgan fingerprint density at radius 3 is 2.50 bits per heavy atom. The molecule has 18 heavy (non-hydrogen) atoms. The standard InChI is InChI=1S/C13H18N2O3/c1-9-6-10(8-11(14)7-9)13(17)18-5-4-12(16)15(2)3/h6-8H,4-5,14H2,1-3H3. The zero-order valence-corrected chi connectivity index (χ0v) is 10.9. The van der Waals surface area contributed by atoms with Crippen molar-refractivity contribution in [1.29, 1.82) is 0 Å². The number of carbonyl (C=O) groups is 2. The van der Waals surface area contributed by atoms with E-state index in [1.54, 1.807) is 32.3 Å². The van der Waals surface area contributed by atoms with Crippen LogP contribution in [-0.2, 0) is 9.53 Å². The monoisotopic (exact) mass is 250 g/mol. The number of nitrogen functional groups attached to an aromatic ring is 1. The van der Waals surface area contributed by atoms with Crippen LogP contribution in [0.5, 0.6) is 0 Å². The number of hydrogen-bond donors (Lipinski definition) is 1. The van der Waals surface area contributed by atoms with Gasteiger partial charge in [0, 0.05) is 19.8 Å². The van der Waals surface area contributed by atoms with Gasteiger partial charge in [0.05, 0.1) is 12.0 Å². The van der Waals surface area contributed by atoms with E-state index in [1.807, 2.05) is 6.92 Å². The Hall–Kier alpha value is -2.04. The van der Waals surface area contributed by atoms with Crippen LogP contribution in [0.25, 0.3) is 0 Å². The topological polar surface area (TPSA) is 72.6 Å². The molecule has 1 rings (SSSR count). The minimum Gasteiger partial charge on any atom is -0.462 e. The van der Waals surface area contributed by atoms with Crippen LogP contribution in [-0.4, -0.2) is 37.5 Å². The highest BCUT2D eigenvalue weighted by atomic mass is 16.5. The van der Waals surface area contributed by atoms with Crippen molar-refractivity contribution >= 4 is 17.6 Å². The second kappa shape index (κ2) is 6.05. The Morgan fingerprint density at radius 1 is 1.28 bits per heavy atom. The summed E-state index contributed by atoms with van der Waals surface area (Å²) in [4.78, 5) is 24.4. The predicted octanol–water partition coefficient (Wildman–Crippen LogP) is 1.21. The molecule has 1 amide bonds. The molecular weight excluding hydrogens is 232 g/mol. The lowest BCUT2D eigenvalue weighted by Gasteiger charge is -2.10. The van der Waals surface area contributed by atoms with E-state index in [2.05, 4.69) is 0 Å². The third-order valence-electron chi connectivity index (χ3n) is 2.38. The van der Waals surface area contributed by atoms with E-state index in [-0.39, 0.29) is 18.9 Å². The summed E-state index contributed by atoms with van der Waals surface area (Å²) in [7, 11) is 3.32. The maximum atomic E-state index is 11.7. The minimum atomic E-state index is -0.461. The van der Waals surface area contributed by atoms with Crippen LogP contribution < -0.4 is 5.73 Å². The Bertz CT molecular complexity index is 435. The molecule has 98 valence electrons. The van der Waals surface area contributed by atoms with Crippen molar-refractivity contribution in [3.8, 4) is 0 Å². The largest absolute Gasteiger partial charge is 0.462 e. The molecule has 1 aromatic rings. The number of rotatable bonds is 4. The van der Waals surface area contributed by atoms with Gasteiger partial charge in [-0.2, -0.15) is 0 Å². The molecule has 0 aliphatic heterocycles. The summed E-state index contributed by atoms with van der Waals surface area (Å²) in [6.45, 7) is 1.92. The van der Waals surface area contributed by atoms with Gasteiger partial charge in [0.2, 0.25) is 5.91 Å². The molecular formula is C13H18N2O3. The SMILES string of the molecule is Cc1cc(N)cc(C(=O)OCCC(=O)N(C)C)c1. The Balaban J connectivity index is 2.53. The lowest BCUT2D eigenvalue weighted by molar-refractivity contribution is -0.129. The van der Waals surface area contributed by atoms with Crippen molar-refractivity contribution in [2.75, 3.05) is 26.4 Å². The molecule has 0 radical (unpaired) electrons. The lowest BCUT2D eigenvalue weighted by atomic mass is 10.1. The molecule has 0 fully saturated rings. The van der Waals surface area contributed by atoms with E-state index in [0.717, 1.165) is 5.56 Å². The van der Waals surface area contributed by atoms with E-state index in [1.165, 1.54) is 4.90 Å². The van der Waals surface area contributed by atoms with Gasteiger partial charge in [-0.3, -0.25) is 4.79 Å². The van der Waals surface area contributed by atoms with Crippen molar-refractivity contribution in [3.05, 3.63) is 29.3 Å². The van der Waals surface area contributed by atoms with Crippen molar-refractivity contribution in [1.82, 2.24) is 4.90 Å². The summed E-state index contributed by atoms with van der Waals surface area (Å²) in [6, 6.07) is 5.03. The Kier molecular flexibility index (Phi) is 4.71. The molecule has 0 spiro atoms. The van der Waals surface area contributed by atoms with Crippen LogP contribution in [0.3, 0.4) is 0 Å². The van der Waals surface area contributed by atoms with Gasteiger partial charge in [0.15, 0.2) is 0 Å². The van der Waals surface area contributed by atoms with Gasteiger partial charge in [-0.05, 0) is 30.7 Å². The maximum Gasteiger partial charge on any atom is 0.338 e. The number of amides is 1. The molecule has 0 unspecified atom stereocenters. The maximum absolute atomic E-state index is 11.7. The molecule has 0 aliphatic carbocycles. The van der Waals surface area contributed by atoms with Gasteiger partial charge in [-0.1, -0.05) is 0 Å². The predicted molar refractivity (Wildman–Crippen MR) is 69.2 cm³/mol. The van der Waals surface area contributed by atoms with Crippen LogP contribution in [0, 0.1) is 6.92 Å². The van der Waals surface area contributed by atoms with Crippen LogP contribution in [0.1, 0.15) is 22.3 Å². The smallest absolute Gasteiger partial charge is 0.338 e. The van der Waals surface area contributed by atoms with Gasteiger partial charge in [0.1, 0.15) is 6.61 Å². The molecule has 0 saturated heterocycles. The Morgan fingerprint density at radius 2 is 1.94 bits per heavy atom. The van der Waals surface area contributed by atoms with Crippen molar-refractivity contribution in [2.24, 2.45) is 0 Å². The first kappa shape index (κ1) is 14.0. The van der Waals surface area contributed by atoms with E-state index < -0.39 is 5.97 Å². The third kappa shape index (κ3) is 4.08. The van der Waals surface area contributed by atoms with E-state index in [0.29, 0.717) is 11.3 Å². The van der Waals surface area contributed by atoms with Gasteiger partial charge in [-0.25, -0.2) is 4.79 Å². The van der Waals surface area contributed by atoms with E-state index in [9.17, 15) is 9.59 Å². The average molecular weight is 250 g/mol. The molecule has 0 bridgehead atoms. The summed E-state index contributed by atoms with van der Waals surface area (Å²) in [5, 5.41) is 0. The second-order valence-corrected chi connectivity index (χ2v) is 4.31. The fourth-order valence-electron chi connectivity index (χ4n) is 1.47. The van der Waals surface area contributed by atoms with Crippen molar-refractivity contribution in [3.63, 3.8) is 0 Å². The molecule has 0 atom stereocenters. The lowest BCUT2D eigenvalue weighted by Crippen LogP contribution is -2.23. The number of nitrogens with two attached hydrogens (primary N) is 1. The quantitative estimate of drug-likeness (QED) is 0.644. The Labute approximate surface area is 107 Å². The number of carbonyl (C=O) groups excluding carboxylic acids is 2. The summed E-state index contributed by atoms with van der Waals surface area (Å²) >= 11 is 0. The zero-order chi connectivity index (χ0) is 13.7. The van der Waals surface area contributed by atoms with Crippen molar-refractivity contribution in [2.45, 2.75) is 13.3 Å². The van der Waals surface area contributed by atoms with E-state index >= 15 is 0 Å². The molecule has 0 heterocycles. The van der Waals surface area contributed by atoms with E-state index in [4.69, 9.17) is 10.5 Å². The number of esters is 1. The highest BCUT2D eigenvalue weighted by molar-refractivity contribution is 5.90. The molecule has 5 nitrogen and oxygen atoms in total. The van der Waals surface area contributed by atoms with Crippen molar-refractivity contribution < 1.29 is 14.3 Å². The molecule has 0 aromatic heterocycles. The van der Waals surface area contributed by atoms with Gasteiger partial charge >= 0.3 is 5.97 Å². The van der Waals surface area contributed by atoms with Gasteiger partial charge in [-0.15, -0.1) is 0 Å². The highest BCUT2D eigenvalue weighted by Gasteiger charge is 2.10. The number of aryl methyl sites for hydroxylation is 1. The molecule has 2 N–H and O–H groups in total. The van der Waals surface area contributed by atoms with Gasteiger partial charge in [0.25, 0.3) is 0 Å². The molecule has 1 aromatic carbocycles. The number of benzene rings is 1. The minimum absolute atomic E-state index is 0.0731. The zero-order valence-electron chi connectivity index (χ0n) is 10.9. The molecule has 5 heteroatoms. The summed E-state index contributed by atoms with van der Waals surface area (Å²) in [5.74, 6) is -0.538. The summed E-state index contributed by atoms with van der Waals surface area (Å²) in [6.07, 6.45) is 0.181. The third-order valence-corrected chi connectivity index (χ3v) is 2.38. The van der Waals surface area contributed by atoms with Crippen LogP contribution in [0.4, 0.5) is 5.69 Å². The van der Waals surface area contributed by atoms with Gasteiger partial charge < -0.3 is 15.4 Å².